The number of benzene rings is 2. The Labute approximate surface area is 157 Å². The predicted octanol–water partition coefficient (Wildman–Crippen LogP) is 2.87. The van der Waals surface area contributed by atoms with Crippen LogP contribution in [0.1, 0.15) is 33.9 Å². The van der Waals surface area contributed by atoms with E-state index < -0.39 is 33.2 Å². The van der Waals surface area contributed by atoms with Crippen LogP contribution in [-0.2, 0) is 31.7 Å². The number of hydrogen-bond donors (Lipinski definition) is 1. The topological polar surface area (TPSA) is 72.5 Å². The summed E-state index contributed by atoms with van der Waals surface area (Å²) in [6.45, 7) is 5.54. The molecule has 1 N–H and O–H groups in total. The normalized spacial score (nSPS) is 20.8. The highest BCUT2D eigenvalue weighted by Gasteiger charge is 2.37. The second-order valence-corrected chi connectivity index (χ2v) is 9.41. The molecule has 1 aliphatic carbocycles. The van der Waals surface area contributed by atoms with Crippen molar-refractivity contribution in [3.05, 3.63) is 64.2 Å². The predicted molar refractivity (Wildman–Crippen MR) is 103 cm³/mol. The van der Waals surface area contributed by atoms with Crippen LogP contribution in [0.5, 0.6) is 0 Å². The zero-order valence-electron chi connectivity index (χ0n) is 15.3. The fourth-order valence-corrected chi connectivity index (χ4v) is 6.00. The van der Waals surface area contributed by atoms with Crippen LogP contribution in [0.15, 0.2) is 41.3 Å². The van der Waals surface area contributed by atoms with E-state index in [4.69, 9.17) is 4.18 Å². The van der Waals surface area contributed by atoms with Gasteiger partial charge < -0.3 is 0 Å². The van der Waals surface area contributed by atoms with Gasteiger partial charge in [-0.3, -0.25) is 4.18 Å². The molecule has 0 saturated carbocycles. The fourth-order valence-electron chi connectivity index (χ4n) is 3.78. The average Bonchev–Trinajstić information content (AvgIpc) is 2.82. The van der Waals surface area contributed by atoms with Crippen molar-refractivity contribution in [3.8, 4) is 0 Å². The Bertz CT molecular complexity index is 946. The molecule has 3 rings (SSSR count). The Balaban J connectivity index is 2.01. The summed E-state index contributed by atoms with van der Waals surface area (Å²) >= 11 is -1.48. The molecule has 0 aromatic heterocycles. The largest absolute Gasteiger partial charge is 0.285 e. The Hall–Kier alpha value is -1.54. The zero-order chi connectivity index (χ0) is 19.1. The Morgan fingerprint density at radius 2 is 1.73 bits per heavy atom. The molecule has 0 saturated heterocycles. The molecule has 0 fully saturated rings. The minimum atomic E-state index is -3.76. The molecular weight excluding hydrogens is 370 g/mol. The molecule has 2 aromatic carbocycles. The molecule has 0 heterocycles. The first-order chi connectivity index (χ1) is 12.2. The molecule has 0 bridgehead atoms. The van der Waals surface area contributed by atoms with E-state index in [1.165, 1.54) is 6.26 Å². The molecule has 0 radical (unpaired) electrons. The van der Waals surface area contributed by atoms with Gasteiger partial charge in [-0.2, -0.15) is 0 Å². The van der Waals surface area contributed by atoms with Gasteiger partial charge in [0.05, 0.1) is 17.0 Å². The third-order valence-electron chi connectivity index (χ3n) is 4.60. The third kappa shape index (κ3) is 3.76. The van der Waals surface area contributed by atoms with Crippen LogP contribution in [-0.4, -0.2) is 25.0 Å². The van der Waals surface area contributed by atoms with Crippen LogP contribution in [0.2, 0.25) is 0 Å². The van der Waals surface area contributed by atoms with Gasteiger partial charge in [-0.05, 0) is 43.0 Å². The summed E-state index contributed by atoms with van der Waals surface area (Å²) in [7, 11) is -3.76. The Kier molecular flexibility index (Phi) is 5.35. The van der Waals surface area contributed by atoms with Gasteiger partial charge in [0, 0.05) is 12.7 Å². The van der Waals surface area contributed by atoms with E-state index in [2.05, 4.69) is 4.72 Å². The number of fused-ring (bicyclic) bond motifs is 1. The second-order valence-electron chi connectivity index (χ2n) is 6.77. The molecule has 0 amide bonds. The van der Waals surface area contributed by atoms with Crippen molar-refractivity contribution in [2.75, 3.05) is 6.26 Å². The molecule has 26 heavy (non-hydrogen) atoms. The van der Waals surface area contributed by atoms with E-state index in [1.54, 1.807) is 13.8 Å². The minimum absolute atomic E-state index is 0.295. The highest BCUT2D eigenvalue weighted by molar-refractivity contribution is 7.89. The lowest BCUT2D eigenvalue weighted by molar-refractivity contribution is 0.201. The van der Waals surface area contributed by atoms with Crippen molar-refractivity contribution in [3.63, 3.8) is 0 Å². The second kappa shape index (κ2) is 7.23. The summed E-state index contributed by atoms with van der Waals surface area (Å²) in [5.41, 5.74) is 4.31. The fraction of sp³-hybridized carbons (Fsp3) is 0.368. The van der Waals surface area contributed by atoms with Crippen molar-refractivity contribution < 1.29 is 16.8 Å². The first-order valence-corrected chi connectivity index (χ1v) is 11.3. The molecule has 1 unspecified atom stereocenters. The number of rotatable bonds is 5. The lowest BCUT2D eigenvalue weighted by Gasteiger charge is -2.22. The molecular formula is C19H23NO4S2. The maximum Gasteiger partial charge on any atom is 0.241 e. The maximum atomic E-state index is 13.1. The first kappa shape index (κ1) is 19.2. The van der Waals surface area contributed by atoms with Gasteiger partial charge in [0.1, 0.15) is 0 Å². The summed E-state index contributed by atoms with van der Waals surface area (Å²) in [6.07, 6.45) is 1.47. The summed E-state index contributed by atoms with van der Waals surface area (Å²) in [4.78, 5) is 0.295. The van der Waals surface area contributed by atoms with Crippen LogP contribution in [0.25, 0.3) is 0 Å². The summed E-state index contributed by atoms with van der Waals surface area (Å²) in [6, 6.07) is 10.8. The van der Waals surface area contributed by atoms with Crippen LogP contribution in [0.4, 0.5) is 0 Å². The average molecular weight is 394 g/mol. The molecule has 1 aliphatic rings. The van der Waals surface area contributed by atoms with E-state index in [-0.39, 0.29) is 0 Å². The number of aryl methyl sites for hydroxylation is 3. The molecule has 0 spiro atoms. The number of nitrogens with one attached hydrogen (secondary N) is 1. The highest BCUT2D eigenvalue weighted by Crippen LogP contribution is 2.35. The Morgan fingerprint density at radius 1 is 1.12 bits per heavy atom. The monoisotopic (exact) mass is 393 g/mol. The van der Waals surface area contributed by atoms with E-state index >= 15 is 0 Å². The van der Waals surface area contributed by atoms with Crippen LogP contribution in [0.3, 0.4) is 0 Å². The van der Waals surface area contributed by atoms with E-state index in [1.807, 2.05) is 43.3 Å². The molecule has 5 nitrogen and oxygen atoms in total. The van der Waals surface area contributed by atoms with Gasteiger partial charge >= 0.3 is 0 Å². The van der Waals surface area contributed by atoms with E-state index in [9.17, 15) is 12.6 Å². The minimum Gasteiger partial charge on any atom is -0.285 e. The van der Waals surface area contributed by atoms with Gasteiger partial charge in [0.15, 0.2) is 11.1 Å². The van der Waals surface area contributed by atoms with Gasteiger partial charge in [-0.1, -0.05) is 42.0 Å². The number of hydrogen-bond acceptors (Lipinski definition) is 4. The molecule has 3 atom stereocenters. The molecule has 7 heteroatoms. The van der Waals surface area contributed by atoms with Crippen LogP contribution >= 0.6 is 0 Å². The van der Waals surface area contributed by atoms with Crippen LogP contribution in [0, 0.1) is 20.8 Å². The number of sulfonamides is 1. The SMILES string of the molecule is Cc1cc(C)c(S(=O)(=O)NC2c3ccccc3C[C@@H]2O[S@](C)=O)c(C)c1. The van der Waals surface area contributed by atoms with Crippen molar-refractivity contribution in [1.82, 2.24) is 4.72 Å². The summed E-state index contributed by atoms with van der Waals surface area (Å²) in [5, 5.41) is 0. The lowest BCUT2D eigenvalue weighted by atomic mass is 10.1. The summed E-state index contributed by atoms with van der Waals surface area (Å²) in [5.74, 6) is 0. The summed E-state index contributed by atoms with van der Waals surface area (Å²) < 4.78 is 46.2. The van der Waals surface area contributed by atoms with Crippen molar-refractivity contribution >= 4 is 21.1 Å². The van der Waals surface area contributed by atoms with Crippen molar-refractivity contribution in [1.29, 1.82) is 0 Å². The quantitative estimate of drug-likeness (QED) is 0.848. The van der Waals surface area contributed by atoms with Gasteiger partial charge in [0.2, 0.25) is 10.0 Å². The van der Waals surface area contributed by atoms with E-state index in [0.29, 0.717) is 22.4 Å². The van der Waals surface area contributed by atoms with E-state index in [0.717, 1.165) is 16.7 Å². The first-order valence-electron chi connectivity index (χ1n) is 8.37. The smallest absolute Gasteiger partial charge is 0.241 e. The Morgan fingerprint density at radius 3 is 2.35 bits per heavy atom. The lowest BCUT2D eigenvalue weighted by Crippen LogP contribution is -2.36. The van der Waals surface area contributed by atoms with Crippen molar-refractivity contribution in [2.24, 2.45) is 0 Å². The third-order valence-corrected chi connectivity index (χ3v) is 6.86. The standard InChI is InChI=1S/C19H23NO4S2/c1-12-9-13(2)19(14(3)10-12)26(22,23)20-18-16-8-6-5-7-15(16)11-17(18)24-25(4)21/h5-10,17-18,20H,11H2,1-4H3/t17-,18?,25+/m0/s1. The molecule has 0 aliphatic heterocycles. The zero-order valence-corrected chi connectivity index (χ0v) is 16.9. The van der Waals surface area contributed by atoms with Gasteiger partial charge in [-0.25, -0.2) is 17.3 Å². The molecule has 140 valence electrons. The maximum absolute atomic E-state index is 13.1. The van der Waals surface area contributed by atoms with Gasteiger partial charge in [0.25, 0.3) is 0 Å². The van der Waals surface area contributed by atoms with Crippen LogP contribution < -0.4 is 4.72 Å². The van der Waals surface area contributed by atoms with Gasteiger partial charge in [-0.15, -0.1) is 0 Å². The van der Waals surface area contributed by atoms with Crippen molar-refractivity contribution in [2.45, 2.75) is 44.2 Å². The molecule has 2 aromatic rings. The highest BCUT2D eigenvalue weighted by atomic mass is 32.2.